The second-order valence-electron chi connectivity index (χ2n) is 4.39. The van der Waals surface area contributed by atoms with Crippen LogP contribution in [0.4, 0.5) is 0 Å². The van der Waals surface area contributed by atoms with E-state index in [9.17, 15) is 0 Å². The zero-order valence-electron chi connectivity index (χ0n) is 8.18. The third-order valence-electron chi connectivity index (χ3n) is 3.60. The monoisotopic (exact) mass is 156 g/mol. The third kappa shape index (κ3) is 1.58. The summed E-state index contributed by atoms with van der Waals surface area (Å²) in [6.07, 6.45) is 1.23. The van der Waals surface area contributed by atoms with Gasteiger partial charge in [-0.3, -0.25) is 0 Å². The van der Waals surface area contributed by atoms with Crippen molar-refractivity contribution >= 4 is 0 Å². The predicted molar refractivity (Wildman–Crippen MR) is 47.5 cm³/mol. The van der Waals surface area contributed by atoms with Crippen molar-refractivity contribution in [2.45, 2.75) is 34.1 Å². The van der Waals surface area contributed by atoms with Crippen LogP contribution in [0.25, 0.3) is 0 Å². The first kappa shape index (κ1) is 9.05. The highest BCUT2D eigenvalue weighted by Crippen LogP contribution is 2.41. The fraction of sp³-hybridized carbons (Fsp3) is 1.00. The zero-order valence-corrected chi connectivity index (χ0v) is 8.18. The molecule has 66 valence electrons. The summed E-state index contributed by atoms with van der Waals surface area (Å²) < 4.78 is 5.43. The van der Waals surface area contributed by atoms with E-state index in [1.54, 1.807) is 0 Å². The van der Waals surface area contributed by atoms with Crippen LogP contribution in [0.5, 0.6) is 0 Å². The first-order valence-electron chi connectivity index (χ1n) is 4.65. The molecule has 0 aromatic carbocycles. The van der Waals surface area contributed by atoms with Crippen LogP contribution in [-0.4, -0.2) is 13.2 Å². The number of ether oxygens (including phenoxy) is 1. The third-order valence-corrected chi connectivity index (χ3v) is 3.60. The van der Waals surface area contributed by atoms with E-state index in [2.05, 4.69) is 27.7 Å². The van der Waals surface area contributed by atoms with Crippen LogP contribution in [-0.2, 0) is 4.74 Å². The predicted octanol–water partition coefficient (Wildman–Crippen LogP) is 2.71. The summed E-state index contributed by atoms with van der Waals surface area (Å²) in [4.78, 5) is 0. The highest BCUT2D eigenvalue weighted by atomic mass is 16.5. The molecule has 1 aliphatic rings. The van der Waals surface area contributed by atoms with Gasteiger partial charge in [-0.1, -0.05) is 27.7 Å². The van der Waals surface area contributed by atoms with E-state index in [0.717, 1.165) is 25.0 Å². The summed E-state index contributed by atoms with van der Waals surface area (Å²) in [5.74, 6) is 1.50. The summed E-state index contributed by atoms with van der Waals surface area (Å²) in [7, 11) is 0. The summed E-state index contributed by atoms with van der Waals surface area (Å²) in [6, 6.07) is 0. The number of rotatable bonds is 1. The van der Waals surface area contributed by atoms with Crippen molar-refractivity contribution in [3.63, 3.8) is 0 Å². The molecule has 1 heterocycles. The molecule has 1 nitrogen and oxygen atoms in total. The molecule has 0 spiro atoms. The Balaban J connectivity index is 2.64. The second-order valence-corrected chi connectivity index (χ2v) is 4.39. The Bertz CT molecular complexity index is 131. The lowest BCUT2D eigenvalue weighted by Crippen LogP contribution is -2.39. The first-order chi connectivity index (χ1) is 5.07. The van der Waals surface area contributed by atoms with Crippen LogP contribution in [0.3, 0.4) is 0 Å². The van der Waals surface area contributed by atoms with Crippen molar-refractivity contribution < 1.29 is 4.74 Å². The van der Waals surface area contributed by atoms with Gasteiger partial charge < -0.3 is 4.74 Å². The normalized spacial score (nSPS) is 39.5. The van der Waals surface area contributed by atoms with Crippen molar-refractivity contribution in [2.75, 3.05) is 13.2 Å². The summed E-state index contributed by atoms with van der Waals surface area (Å²) in [5, 5.41) is 0. The smallest absolute Gasteiger partial charge is 0.0496 e. The van der Waals surface area contributed by atoms with Crippen LogP contribution in [0, 0.1) is 17.3 Å². The van der Waals surface area contributed by atoms with Gasteiger partial charge in [0.05, 0.1) is 0 Å². The van der Waals surface area contributed by atoms with Gasteiger partial charge in [0.15, 0.2) is 0 Å². The van der Waals surface area contributed by atoms with Crippen LogP contribution in [0.1, 0.15) is 34.1 Å². The topological polar surface area (TPSA) is 9.23 Å². The van der Waals surface area contributed by atoms with Crippen molar-refractivity contribution in [2.24, 2.45) is 17.3 Å². The van der Waals surface area contributed by atoms with E-state index in [4.69, 9.17) is 4.74 Å². The van der Waals surface area contributed by atoms with E-state index >= 15 is 0 Å². The Morgan fingerprint density at radius 2 is 2.09 bits per heavy atom. The molecule has 11 heavy (non-hydrogen) atoms. The summed E-state index contributed by atoms with van der Waals surface area (Å²) >= 11 is 0. The van der Waals surface area contributed by atoms with Gasteiger partial charge in [-0.15, -0.1) is 0 Å². The van der Waals surface area contributed by atoms with E-state index in [1.165, 1.54) is 6.42 Å². The molecule has 0 N–H and O–H groups in total. The first-order valence-corrected chi connectivity index (χ1v) is 4.65. The maximum Gasteiger partial charge on any atom is 0.0496 e. The van der Waals surface area contributed by atoms with Crippen molar-refractivity contribution in [3.05, 3.63) is 0 Å². The van der Waals surface area contributed by atoms with Gasteiger partial charge in [-0.05, 0) is 23.7 Å². The van der Waals surface area contributed by atoms with Crippen molar-refractivity contribution in [1.82, 2.24) is 0 Å². The van der Waals surface area contributed by atoms with Gasteiger partial charge >= 0.3 is 0 Å². The lowest BCUT2D eigenvalue weighted by molar-refractivity contribution is -0.0481. The van der Waals surface area contributed by atoms with Gasteiger partial charge in [0.1, 0.15) is 0 Å². The molecular formula is C10H20O. The lowest BCUT2D eigenvalue weighted by atomic mass is 9.67. The van der Waals surface area contributed by atoms with E-state index < -0.39 is 0 Å². The largest absolute Gasteiger partial charge is 0.381 e. The molecule has 0 aromatic rings. The van der Waals surface area contributed by atoms with E-state index in [1.807, 2.05) is 0 Å². The summed E-state index contributed by atoms with van der Waals surface area (Å²) in [5.41, 5.74) is 0.512. The average Bonchev–Trinajstić information content (AvgIpc) is 1.95. The minimum Gasteiger partial charge on any atom is -0.381 e. The molecule has 1 fully saturated rings. The molecule has 0 aromatic heterocycles. The van der Waals surface area contributed by atoms with Gasteiger partial charge in [-0.25, -0.2) is 0 Å². The Hall–Kier alpha value is -0.0400. The molecule has 1 aliphatic heterocycles. The average molecular weight is 156 g/mol. The Labute approximate surface area is 70.1 Å². The quantitative estimate of drug-likeness (QED) is 0.567. The Morgan fingerprint density at radius 3 is 2.45 bits per heavy atom. The highest BCUT2D eigenvalue weighted by Gasteiger charge is 2.36. The van der Waals surface area contributed by atoms with Gasteiger partial charge in [0, 0.05) is 13.2 Å². The number of hydrogen-bond donors (Lipinski definition) is 0. The fourth-order valence-electron chi connectivity index (χ4n) is 1.85. The maximum absolute atomic E-state index is 5.43. The molecular weight excluding hydrogens is 136 g/mol. The van der Waals surface area contributed by atoms with E-state index in [-0.39, 0.29) is 0 Å². The molecule has 2 atom stereocenters. The van der Waals surface area contributed by atoms with Gasteiger partial charge in [-0.2, -0.15) is 0 Å². The Morgan fingerprint density at radius 1 is 1.45 bits per heavy atom. The lowest BCUT2D eigenvalue weighted by Gasteiger charge is -2.42. The van der Waals surface area contributed by atoms with Gasteiger partial charge in [0.25, 0.3) is 0 Å². The SMILES string of the molecule is CC(C)[C@]1(C)CCOC[C@@H]1C. The van der Waals surface area contributed by atoms with Crippen LogP contribution >= 0.6 is 0 Å². The minimum atomic E-state index is 0.512. The fourth-order valence-corrected chi connectivity index (χ4v) is 1.85. The molecule has 0 saturated carbocycles. The van der Waals surface area contributed by atoms with Crippen molar-refractivity contribution in [1.29, 1.82) is 0 Å². The zero-order chi connectivity index (χ0) is 8.48. The van der Waals surface area contributed by atoms with Crippen LogP contribution < -0.4 is 0 Å². The molecule has 0 bridgehead atoms. The molecule has 1 heteroatoms. The minimum absolute atomic E-state index is 0.512. The van der Waals surface area contributed by atoms with Crippen molar-refractivity contribution in [3.8, 4) is 0 Å². The van der Waals surface area contributed by atoms with Gasteiger partial charge in [0.2, 0.25) is 0 Å². The number of hydrogen-bond acceptors (Lipinski definition) is 1. The van der Waals surface area contributed by atoms with Crippen LogP contribution in [0.2, 0.25) is 0 Å². The van der Waals surface area contributed by atoms with E-state index in [0.29, 0.717) is 5.41 Å². The summed E-state index contributed by atoms with van der Waals surface area (Å²) in [6.45, 7) is 11.3. The standard InChI is InChI=1S/C10H20O/c1-8(2)10(4)5-6-11-7-9(10)3/h8-9H,5-7H2,1-4H3/t9-,10-/m0/s1. The molecule has 1 rings (SSSR count). The van der Waals surface area contributed by atoms with Crippen LogP contribution in [0.15, 0.2) is 0 Å². The highest BCUT2D eigenvalue weighted by molar-refractivity contribution is 4.85. The molecule has 0 aliphatic carbocycles. The maximum atomic E-state index is 5.43. The molecule has 1 saturated heterocycles. The molecule has 0 radical (unpaired) electrons. The second kappa shape index (κ2) is 3.14. The molecule has 0 amide bonds. The Kier molecular flexibility index (Phi) is 2.58. The molecule has 0 unspecified atom stereocenters.